The van der Waals surface area contributed by atoms with E-state index < -0.39 is 0 Å². The van der Waals surface area contributed by atoms with E-state index >= 15 is 0 Å². The lowest BCUT2D eigenvalue weighted by Crippen LogP contribution is -2.51. The molecule has 0 aliphatic carbocycles. The molecule has 76 valence electrons. The Labute approximate surface area is 84.8 Å². The van der Waals surface area contributed by atoms with Gasteiger partial charge in [0.05, 0.1) is 0 Å². The van der Waals surface area contributed by atoms with Gasteiger partial charge in [0.2, 0.25) is 0 Å². The van der Waals surface area contributed by atoms with Gasteiger partial charge in [0.25, 0.3) is 0 Å². The lowest BCUT2D eigenvalue weighted by Gasteiger charge is -2.46. The first-order chi connectivity index (χ1) is 6.37. The average Bonchev–Trinajstić information content (AvgIpc) is 2.20. The predicted molar refractivity (Wildman–Crippen MR) is 57.3 cm³/mol. The molecule has 3 heteroatoms. The van der Waals surface area contributed by atoms with E-state index in [1.54, 1.807) is 0 Å². The van der Waals surface area contributed by atoms with Crippen LogP contribution in [0.5, 0.6) is 0 Å². The van der Waals surface area contributed by atoms with Gasteiger partial charge < -0.3 is 10.1 Å². The van der Waals surface area contributed by atoms with E-state index in [0.29, 0.717) is 5.41 Å². The summed E-state index contributed by atoms with van der Waals surface area (Å²) >= 11 is 2.12. The molecule has 1 spiro atoms. The predicted octanol–water partition coefficient (Wildman–Crippen LogP) is 1.51. The van der Waals surface area contributed by atoms with Gasteiger partial charge in [0, 0.05) is 25.0 Å². The molecule has 1 N–H and O–H groups in total. The molecule has 0 radical (unpaired) electrons. The van der Waals surface area contributed by atoms with Gasteiger partial charge >= 0.3 is 0 Å². The highest BCUT2D eigenvalue weighted by atomic mass is 32.2. The molecule has 2 saturated heterocycles. The highest BCUT2D eigenvalue weighted by Gasteiger charge is 2.41. The fraction of sp³-hybridized carbons (Fsp3) is 1.00. The van der Waals surface area contributed by atoms with E-state index in [0.717, 1.165) is 19.3 Å². The highest BCUT2D eigenvalue weighted by molar-refractivity contribution is 7.99. The lowest BCUT2D eigenvalue weighted by atomic mass is 9.74. The molecule has 0 amide bonds. The van der Waals surface area contributed by atoms with Gasteiger partial charge in [-0.3, -0.25) is 0 Å². The van der Waals surface area contributed by atoms with Crippen molar-refractivity contribution >= 4 is 11.8 Å². The van der Waals surface area contributed by atoms with E-state index in [4.69, 9.17) is 4.74 Å². The molecule has 2 fully saturated rings. The summed E-state index contributed by atoms with van der Waals surface area (Å²) in [6.45, 7) is 1.94. The maximum atomic E-state index is 5.45. The monoisotopic (exact) mass is 201 g/mol. The summed E-state index contributed by atoms with van der Waals surface area (Å²) in [5.41, 5.74) is 0.552. The summed E-state index contributed by atoms with van der Waals surface area (Å²) in [7, 11) is 2.11. The third kappa shape index (κ3) is 1.88. The average molecular weight is 201 g/mol. The van der Waals surface area contributed by atoms with Crippen LogP contribution in [0.25, 0.3) is 0 Å². The van der Waals surface area contributed by atoms with E-state index in [-0.39, 0.29) is 0 Å². The van der Waals surface area contributed by atoms with E-state index in [1.165, 1.54) is 30.8 Å². The van der Waals surface area contributed by atoms with E-state index in [1.807, 2.05) is 0 Å². The third-order valence-electron chi connectivity index (χ3n) is 3.52. The minimum atomic E-state index is 0.552. The second-order valence-electron chi connectivity index (χ2n) is 4.16. The van der Waals surface area contributed by atoms with Crippen LogP contribution in [0.4, 0.5) is 0 Å². The summed E-state index contributed by atoms with van der Waals surface area (Å²) in [6, 6.07) is 0.734. The molecule has 0 aromatic rings. The van der Waals surface area contributed by atoms with E-state index in [2.05, 4.69) is 24.1 Å². The summed E-state index contributed by atoms with van der Waals surface area (Å²) in [6.07, 6.45) is 3.85. The molecule has 0 bridgehead atoms. The van der Waals surface area contributed by atoms with Crippen molar-refractivity contribution in [3.05, 3.63) is 0 Å². The fourth-order valence-electron chi connectivity index (χ4n) is 2.60. The van der Waals surface area contributed by atoms with Crippen LogP contribution >= 0.6 is 11.8 Å². The number of ether oxygens (including phenoxy) is 1. The molecule has 13 heavy (non-hydrogen) atoms. The quantitative estimate of drug-likeness (QED) is 0.695. The second kappa shape index (κ2) is 4.20. The molecule has 0 saturated carbocycles. The van der Waals surface area contributed by atoms with Crippen molar-refractivity contribution in [2.45, 2.75) is 25.3 Å². The van der Waals surface area contributed by atoms with E-state index in [9.17, 15) is 0 Å². The SMILES string of the molecule is CNC1CCSCC12CCOCC2. The molecule has 2 aliphatic rings. The van der Waals surface area contributed by atoms with Crippen molar-refractivity contribution in [1.82, 2.24) is 5.32 Å². The van der Waals surface area contributed by atoms with Gasteiger partial charge in [-0.15, -0.1) is 0 Å². The maximum absolute atomic E-state index is 5.45. The van der Waals surface area contributed by atoms with Gasteiger partial charge in [-0.25, -0.2) is 0 Å². The summed E-state index contributed by atoms with van der Waals surface area (Å²) in [4.78, 5) is 0. The molecule has 2 nitrogen and oxygen atoms in total. The lowest BCUT2D eigenvalue weighted by molar-refractivity contribution is 0.00588. The molecule has 1 atom stereocenters. The Hall–Kier alpha value is 0.270. The molecule has 2 rings (SSSR count). The van der Waals surface area contributed by atoms with Gasteiger partial charge in [-0.2, -0.15) is 11.8 Å². The first-order valence-electron chi connectivity index (χ1n) is 5.20. The molecular formula is C10H19NOS. The van der Waals surface area contributed by atoms with Crippen molar-refractivity contribution in [3.63, 3.8) is 0 Å². The van der Waals surface area contributed by atoms with Crippen LogP contribution in [0.1, 0.15) is 19.3 Å². The normalized spacial score (nSPS) is 33.5. The van der Waals surface area contributed by atoms with Crippen molar-refractivity contribution in [2.24, 2.45) is 5.41 Å². The van der Waals surface area contributed by atoms with Gasteiger partial charge in [0.1, 0.15) is 0 Å². The first-order valence-corrected chi connectivity index (χ1v) is 6.36. The zero-order valence-electron chi connectivity index (χ0n) is 8.34. The van der Waals surface area contributed by atoms with Gasteiger partial charge in [0.15, 0.2) is 0 Å². The Balaban J connectivity index is 2.06. The van der Waals surface area contributed by atoms with Crippen molar-refractivity contribution < 1.29 is 4.74 Å². The van der Waals surface area contributed by atoms with Gasteiger partial charge in [-0.1, -0.05) is 0 Å². The number of hydrogen-bond donors (Lipinski definition) is 1. The van der Waals surface area contributed by atoms with Crippen molar-refractivity contribution in [3.8, 4) is 0 Å². The topological polar surface area (TPSA) is 21.3 Å². The van der Waals surface area contributed by atoms with Crippen LogP contribution in [-0.4, -0.2) is 37.8 Å². The first kappa shape index (κ1) is 9.81. The van der Waals surface area contributed by atoms with Crippen LogP contribution in [0.15, 0.2) is 0 Å². The number of thioether (sulfide) groups is 1. The maximum Gasteiger partial charge on any atom is 0.0472 e. The number of rotatable bonds is 1. The molecule has 1 unspecified atom stereocenters. The van der Waals surface area contributed by atoms with Crippen LogP contribution in [-0.2, 0) is 4.74 Å². The largest absolute Gasteiger partial charge is 0.381 e. The minimum Gasteiger partial charge on any atom is -0.381 e. The zero-order chi connectivity index (χ0) is 9.15. The summed E-state index contributed by atoms with van der Waals surface area (Å²) < 4.78 is 5.45. The standard InChI is InChI=1S/C10H19NOS/c1-11-9-2-7-13-8-10(9)3-5-12-6-4-10/h9,11H,2-8H2,1H3. The van der Waals surface area contributed by atoms with Crippen LogP contribution in [0, 0.1) is 5.41 Å². The van der Waals surface area contributed by atoms with Crippen molar-refractivity contribution in [1.29, 1.82) is 0 Å². The summed E-state index contributed by atoms with van der Waals surface area (Å²) in [5, 5.41) is 3.50. The summed E-state index contributed by atoms with van der Waals surface area (Å²) in [5.74, 6) is 2.66. The van der Waals surface area contributed by atoms with Crippen LogP contribution in [0.3, 0.4) is 0 Å². The smallest absolute Gasteiger partial charge is 0.0472 e. The molecule has 2 aliphatic heterocycles. The van der Waals surface area contributed by atoms with Gasteiger partial charge in [-0.05, 0) is 37.5 Å². The number of nitrogens with one attached hydrogen (secondary N) is 1. The van der Waals surface area contributed by atoms with Crippen LogP contribution < -0.4 is 5.32 Å². The zero-order valence-corrected chi connectivity index (χ0v) is 9.16. The highest BCUT2D eigenvalue weighted by Crippen LogP contribution is 2.42. The third-order valence-corrected chi connectivity index (χ3v) is 4.82. The molecule has 2 heterocycles. The molecule has 0 aromatic heterocycles. The Morgan fingerprint density at radius 2 is 2.15 bits per heavy atom. The van der Waals surface area contributed by atoms with Crippen molar-refractivity contribution in [2.75, 3.05) is 31.8 Å². The second-order valence-corrected chi connectivity index (χ2v) is 5.26. The Bertz CT molecular complexity index is 160. The fourth-order valence-corrected chi connectivity index (χ4v) is 4.05. The minimum absolute atomic E-state index is 0.552. The Morgan fingerprint density at radius 1 is 1.38 bits per heavy atom. The molecule has 0 aromatic carbocycles. The number of hydrogen-bond acceptors (Lipinski definition) is 3. The van der Waals surface area contributed by atoms with Crippen LogP contribution in [0.2, 0.25) is 0 Å². The molecular weight excluding hydrogens is 182 g/mol. The Kier molecular flexibility index (Phi) is 3.17. The Morgan fingerprint density at radius 3 is 2.85 bits per heavy atom.